The van der Waals surface area contributed by atoms with Crippen molar-refractivity contribution in [2.45, 2.75) is 13.8 Å². The van der Waals surface area contributed by atoms with Gasteiger partial charge in [0.15, 0.2) is 21.2 Å². The molecule has 0 radical (unpaired) electrons. The first kappa shape index (κ1) is 12.2. The van der Waals surface area contributed by atoms with E-state index in [9.17, 15) is 7.86 Å². The lowest BCUT2D eigenvalue weighted by molar-refractivity contribution is 0.0695. The molecule has 1 N–H and O–H groups in total. The van der Waals surface area contributed by atoms with Crippen molar-refractivity contribution in [1.82, 2.24) is 0 Å². The zero-order valence-electron chi connectivity index (χ0n) is 9.45. The highest BCUT2D eigenvalue weighted by Crippen LogP contribution is 2.30. The summed E-state index contributed by atoms with van der Waals surface area (Å²) in [6.45, 7) is 3.82. The minimum absolute atomic E-state index is 0.170. The van der Waals surface area contributed by atoms with E-state index in [2.05, 4.69) is 0 Å². The Labute approximate surface area is 109 Å². The normalized spacial score (nSPS) is 10.7. The Morgan fingerprint density at radius 3 is 2.59 bits per heavy atom. The molecule has 0 saturated heterocycles. The number of hydrogen-bond acceptors (Lipinski definition) is 2. The van der Waals surface area contributed by atoms with E-state index in [4.69, 9.17) is 5.11 Å². The van der Waals surface area contributed by atoms with Crippen LogP contribution in [0.5, 0.6) is 0 Å². The quantitative estimate of drug-likeness (QED) is 0.848. The maximum atomic E-state index is 11.3. The number of carbonyl (C=O) groups is 1. The fourth-order valence-electron chi connectivity index (χ4n) is 2.11. The van der Waals surface area contributed by atoms with E-state index in [1.54, 1.807) is 6.07 Å². The van der Waals surface area contributed by atoms with Crippen LogP contribution in [0.2, 0.25) is 0 Å². The van der Waals surface area contributed by atoms with Crippen molar-refractivity contribution in [3.8, 4) is 0 Å². The summed E-state index contributed by atoms with van der Waals surface area (Å²) < 4.78 is 11.8. The molecule has 88 valence electrons. The third kappa shape index (κ3) is 1.97. The fraction of sp³-hybridized carbons (Fsp3) is 0.154. The van der Waals surface area contributed by atoms with Gasteiger partial charge < -0.3 is 5.11 Å². The average Bonchev–Trinajstić information content (AvgIpc) is 2.28. The van der Waals surface area contributed by atoms with Crippen molar-refractivity contribution in [2.24, 2.45) is 0 Å². The van der Waals surface area contributed by atoms with Crippen LogP contribution in [-0.4, -0.2) is 11.1 Å². The molecule has 0 aliphatic rings. The molecule has 0 bridgehead atoms. The van der Waals surface area contributed by atoms with Crippen LogP contribution < -0.4 is 0 Å². The van der Waals surface area contributed by atoms with Crippen molar-refractivity contribution in [2.75, 3.05) is 0 Å². The molecular weight excluding hydrogens is 331 g/mol. The number of carboxylic acid groups (broad SMARTS) is 1. The van der Waals surface area contributed by atoms with Crippen molar-refractivity contribution < 1.29 is 13.0 Å². The first-order valence-electron chi connectivity index (χ1n) is 5.09. The molecule has 17 heavy (non-hydrogen) atoms. The minimum Gasteiger partial charge on any atom is -0.478 e. The Morgan fingerprint density at radius 1 is 1.29 bits per heavy atom. The maximum Gasteiger partial charge on any atom is 0.336 e. The Bertz CT molecular complexity index is 632. The average molecular weight is 342 g/mol. The highest BCUT2D eigenvalue weighted by atomic mass is 127. The minimum atomic E-state index is -1.49. The van der Waals surface area contributed by atoms with Crippen molar-refractivity contribution >= 4 is 37.9 Å². The van der Waals surface area contributed by atoms with Gasteiger partial charge in [0.25, 0.3) is 0 Å². The lowest BCUT2D eigenvalue weighted by Crippen LogP contribution is -2.02. The Kier molecular flexibility index (Phi) is 3.24. The molecule has 2 aromatic carbocycles. The molecule has 0 heterocycles. The lowest BCUT2D eigenvalue weighted by atomic mass is 9.98. The van der Waals surface area contributed by atoms with Gasteiger partial charge in [-0.25, -0.2) is 4.79 Å². The Balaban J connectivity index is 2.98. The topological polar surface area (TPSA) is 54.4 Å². The molecule has 0 aliphatic carbocycles. The highest BCUT2D eigenvalue weighted by Gasteiger charge is 2.16. The summed E-state index contributed by atoms with van der Waals surface area (Å²) in [6.07, 6.45) is 0. The van der Waals surface area contributed by atoms with E-state index in [0.29, 0.717) is 3.57 Å². The third-order valence-corrected chi connectivity index (χ3v) is 4.68. The summed E-state index contributed by atoms with van der Waals surface area (Å²) in [5.74, 6) is -1.01. The SMILES string of the molecule is Cc1cccc2cc(C(=O)O)c(I=O)c(C)c12. The summed E-state index contributed by atoms with van der Waals surface area (Å²) >= 11 is -1.49. The standard InChI is InChI=1S/C13H11IO3/c1-7-4-3-5-9-6-10(13(15)16)12(14-17)8(2)11(7)9/h3-6H,1-2H3,(H,15,16). The van der Waals surface area contributed by atoms with Crippen LogP contribution in [0.3, 0.4) is 0 Å². The maximum absolute atomic E-state index is 11.3. The molecule has 0 unspecified atom stereocenters. The molecular formula is C13H11IO3. The first-order valence-corrected chi connectivity index (χ1v) is 7.05. The van der Waals surface area contributed by atoms with Gasteiger partial charge in [0.2, 0.25) is 0 Å². The van der Waals surface area contributed by atoms with Gasteiger partial charge in [0.1, 0.15) is 0 Å². The van der Waals surface area contributed by atoms with Gasteiger partial charge in [-0.15, -0.1) is 0 Å². The number of hydrogen-bond donors (Lipinski definition) is 1. The van der Waals surface area contributed by atoms with Gasteiger partial charge >= 0.3 is 5.97 Å². The number of benzene rings is 2. The van der Waals surface area contributed by atoms with E-state index in [1.165, 1.54) is 0 Å². The number of carboxylic acids is 1. The molecule has 0 amide bonds. The molecule has 3 nitrogen and oxygen atoms in total. The molecule has 0 saturated carbocycles. The van der Waals surface area contributed by atoms with Crippen molar-refractivity contribution in [1.29, 1.82) is 0 Å². The number of rotatable bonds is 2. The number of aromatic carboxylic acids is 1. The van der Waals surface area contributed by atoms with Crippen LogP contribution in [0, 0.1) is 17.4 Å². The summed E-state index contributed by atoms with van der Waals surface area (Å²) in [7, 11) is 0. The second-order valence-corrected chi connectivity index (χ2v) is 5.44. The van der Waals surface area contributed by atoms with Gasteiger partial charge in [0, 0.05) is 0 Å². The smallest absolute Gasteiger partial charge is 0.336 e. The molecule has 0 spiro atoms. The summed E-state index contributed by atoms with van der Waals surface area (Å²) in [5, 5.41) is 11.0. The second-order valence-electron chi connectivity index (χ2n) is 3.92. The van der Waals surface area contributed by atoms with Crippen LogP contribution in [-0.2, 0) is 3.07 Å². The molecule has 0 aliphatic heterocycles. The summed E-state index contributed by atoms with van der Waals surface area (Å²) in [4.78, 5) is 11.1. The zero-order valence-corrected chi connectivity index (χ0v) is 11.6. The molecule has 0 atom stereocenters. The summed E-state index contributed by atoms with van der Waals surface area (Å²) in [6, 6.07) is 7.37. The Hall–Kier alpha value is -1.30. The van der Waals surface area contributed by atoms with Gasteiger partial charge in [0.05, 0.1) is 9.13 Å². The van der Waals surface area contributed by atoms with Crippen LogP contribution in [0.25, 0.3) is 10.8 Å². The molecule has 0 fully saturated rings. The monoisotopic (exact) mass is 342 g/mol. The van der Waals surface area contributed by atoms with E-state index >= 15 is 0 Å². The molecule has 2 aromatic rings. The van der Waals surface area contributed by atoms with Gasteiger partial charge in [-0.2, -0.15) is 0 Å². The van der Waals surface area contributed by atoms with Gasteiger partial charge in [-0.05, 0) is 41.8 Å². The Morgan fingerprint density at radius 2 is 2.00 bits per heavy atom. The van der Waals surface area contributed by atoms with Gasteiger partial charge in [-0.3, -0.25) is 3.07 Å². The zero-order chi connectivity index (χ0) is 12.6. The molecule has 0 aromatic heterocycles. The van der Waals surface area contributed by atoms with Crippen LogP contribution in [0.4, 0.5) is 0 Å². The van der Waals surface area contributed by atoms with E-state index in [0.717, 1.165) is 21.9 Å². The first-order chi connectivity index (χ1) is 8.06. The number of aryl methyl sites for hydroxylation is 2. The van der Waals surface area contributed by atoms with Gasteiger partial charge in [-0.1, -0.05) is 18.2 Å². The third-order valence-electron chi connectivity index (χ3n) is 2.85. The lowest BCUT2D eigenvalue weighted by Gasteiger charge is -2.10. The predicted octanol–water partition coefficient (Wildman–Crippen LogP) is 3.64. The van der Waals surface area contributed by atoms with Crippen molar-refractivity contribution in [3.63, 3.8) is 0 Å². The number of halogens is 1. The second kappa shape index (κ2) is 4.52. The highest BCUT2D eigenvalue weighted by molar-refractivity contribution is 14.1. The predicted molar refractivity (Wildman–Crippen MR) is 73.8 cm³/mol. The molecule has 4 heteroatoms. The number of fused-ring (bicyclic) bond motifs is 1. The van der Waals surface area contributed by atoms with E-state index < -0.39 is 27.2 Å². The van der Waals surface area contributed by atoms with Crippen LogP contribution >= 0.6 is 21.2 Å². The van der Waals surface area contributed by atoms with E-state index in [1.807, 2.05) is 32.0 Å². The van der Waals surface area contributed by atoms with E-state index in [-0.39, 0.29) is 5.56 Å². The van der Waals surface area contributed by atoms with Crippen LogP contribution in [0.1, 0.15) is 21.5 Å². The largest absolute Gasteiger partial charge is 0.478 e. The van der Waals surface area contributed by atoms with Crippen LogP contribution in [0.15, 0.2) is 24.3 Å². The van der Waals surface area contributed by atoms with Crippen molar-refractivity contribution in [3.05, 3.63) is 44.5 Å². The fourth-order valence-corrected chi connectivity index (χ4v) is 3.33. The molecule has 2 rings (SSSR count). The summed E-state index contributed by atoms with van der Waals surface area (Å²) in [5.41, 5.74) is 2.08.